The van der Waals surface area contributed by atoms with E-state index in [1.165, 1.54) is 31.4 Å². The largest absolute Gasteiger partial charge is 0.462 e. The van der Waals surface area contributed by atoms with E-state index in [4.69, 9.17) is 4.74 Å². The highest BCUT2D eigenvalue weighted by atomic mass is 32.2. The van der Waals surface area contributed by atoms with E-state index in [1.54, 1.807) is 10.9 Å². The molecule has 0 bridgehead atoms. The summed E-state index contributed by atoms with van der Waals surface area (Å²) >= 11 is 1.91. The van der Waals surface area contributed by atoms with Crippen LogP contribution in [0, 0.1) is 0 Å². The standard InChI is InChI=1S/C15H27N3O2S/c1-4-20-15(19)13-11-17-18(2)14(13)12-16-9-7-5-6-8-10-21-3/h11,16H,4-10,12H2,1-3H3. The summed E-state index contributed by atoms with van der Waals surface area (Å²) in [5.41, 5.74) is 1.45. The Morgan fingerprint density at radius 3 is 2.86 bits per heavy atom. The van der Waals surface area contributed by atoms with Crippen LogP contribution in [0.1, 0.15) is 48.7 Å². The lowest BCUT2D eigenvalue weighted by atomic mass is 10.2. The molecule has 0 saturated carbocycles. The van der Waals surface area contributed by atoms with Gasteiger partial charge in [0.1, 0.15) is 5.56 Å². The molecule has 0 aliphatic rings. The Morgan fingerprint density at radius 1 is 1.38 bits per heavy atom. The molecule has 120 valence electrons. The van der Waals surface area contributed by atoms with Crippen LogP contribution in [-0.4, -0.2) is 40.9 Å². The molecule has 0 aromatic carbocycles. The zero-order valence-electron chi connectivity index (χ0n) is 13.4. The van der Waals surface area contributed by atoms with E-state index in [0.717, 1.165) is 12.2 Å². The lowest BCUT2D eigenvalue weighted by molar-refractivity contribution is 0.0524. The lowest BCUT2D eigenvalue weighted by Crippen LogP contribution is -2.19. The minimum Gasteiger partial charge on any atom is -0.462 e. The molecule has 6 heteroatoms. The van der Waals surface area contributed by atoms with Crippen LogP contribution in [0.2, 0.25) is 0 Å². The molecule has 0 amide bonds. The predicted octanol–water partition coefficient (Wildman–Crippen LogP) is 2.61. The zero-order chi connectivity index (χ0) is 15.5. The summed E-state index contributed by atoms with van der Waals surface area (Å²) in [7, 11) is 1.85. The van der Waals surface area contributed by atoms with Gasteiger partial charge in [-0.1, -0.05) is 12.8 Å². The van der Waals surface area contributed by atoms with E-state index >= 15 is 0 Å². The van der Waals surface area contributed by atoms with Gasteiger partial charge in [0.2, 0.25) is 0 Å². The third kappa shape index (κ3) is 6.52. The highest BCUT2D eigenvalue weighted by Crippen LogP contribution is 2.09. The van der Waals surface area contributed by atoms with E-state index < -0.39 is 0 Å². The summed E-state index contributed by atoms with van der Waals surface area (Å²) in [5, 5.41) is 7.53. The molecule has 5 nitrogen and oxygen atoms in total. The summed E-state index contributed by atoms with van der Waals surface area (Å²) in [6.07, 6.45) is 8.75. The first-order chi connectivity index (χ1) is 10.2. The minimum absolute atomic E-state index is 0.292. The number of rotatable bonds is 11. The Bertz CT molecular complexity index is 421. The van der Waals surface area contributed by atoms with Crippen molar-refractivity contribution in [3.05, 3.63) is 17.5 Å². The third-order valence-electron chi connectivity index (χ3n) is 3.30. The summed E-state index contributed by atoms with van der Waals surface area (Å²) in [6.45, 7) is 3.81. The molecular weight excluding hydrogens is 286 g/mol. The summed E-state index contributed by atoms with van der Waals surface area (Å²) in [5.74, 6) is 0.963. The molecule has 0 saturated heterocycles. The third-order valence-corrected chi connectivity index (χ3v) is 4.00. The number of nitrogens with one attached hydrogen (secondary N) is 1. The molecule has 21 heavy (non-hydrogen) atoms. The van der Waals surface area contributed by atoms with Crippen LogP contribution in [0.3, 0.4) is 0 Å². The molecule has 1 aromatic heterocycles. The molecule has 0 fully saturated rings. The lowest BCUT2D eigenvalue weighted by Gasteiger charge is -2.08. The maximum Gasteiger partial charge on any atom is 0.341 e. The van der Waals surface area contributed by atoms with Crippen molar-refractivity contribution in [2.24, 2.45) is 7.05 Å². The molecule has 0 unspecified atom stereocenters. The van der Waals surface area contributed by atoms with Gasteiger partial charge in [0.25, 0.3) is 0 Å². The van der Waals surface area contributed by atoms with Gasteiger partial charge < -0.3 is 10.1 Å². The van der Waals surface area contributed by atoms with Gasteiger partial charge >= 0.3 is 5.97 Å². The molecule has 1 rings (SSSR count). The van der Waals surface area contributed by atoms with E-state index in [2.05, 4.69) is 16.7 Å². The van der Waals surface area contributed by atoms with E-state index in [0.29, 0.717) is 18.7 Å². The van der Waals surface area contributed by atoms with Crippen molar-refractivity contribution in [2.75, 3.05) is 25.2 Å². The summed E-state index contributed by atoms with van der Waals surface area (Å²) < 4.78 is 6.78. The predicted molar refractivity (Wildman–Crippen MR) is 87.7 cm³/mol. The number of carbonyl (C=O) groups excluding carboxylic acids is 1. The normalized spacial score (nSPS) is 10.8. The first kappa shape index (κ1) is 18.0. The van der Waals surface area contributed by atoms with Crippen molar-refractivity contribution in [3.8, 4) is 0 Å². The second-order valence-electron chi connectivity index (χ2n) is 4.93. The average Bonchev–Trinajstić information content (AvgIpc) is 2.83. The number of aryl methyl sites for hydroxylation is 1. The van der Waals surface area contributed by atoms with Crippen molar-refractivity contribution in [3.63, 3.8) is 0 Å². The van der Waals surface area contributed by atoms with Gasteiger partial charge in [-0.2, -0.15) is 16.9 Å². The first-order valence-corrected chi connectivity index (χ1v) is 8.97. The van der Waals surface area contributed by atoms with Gasteiger partial charge in [0.05, 0.1) is 18.5 Å². The molecule has 0 spiro atoms. The number of hydrogen-bond donors (Lipinski definition) is 1. The number of hydrogen-bond acceptors (Lipinski definition) is 5. The molecular formula is C15H27N3O2S. The number of esters is 1. The Labute approximate surface area is 131 Å². The number of carbonyl (C=O) groups is 1. The average molecular weight is 313 g/mol. The van der Waals surface area contributed by atoms with Crippen LogP contribution in [0.25, 0.3) is 0 Å². The van der Waals surface area contributed by atoms with Gasteiger partial charge in [-0.05, 0) is 38.3 Å². The molecule has 1 N–H and O–H groups in total. The topological polar surface area (TPSA) is 56.1 Å². The fourth-order valence-corrected chi connectivity index (χ4v) is 2.60. The van der Waals surface area contributed by atoms with Gasteiger partial charge in [-0.3, -0.25) is 4.68 Å². The van der Waals surface area contributed by atoms with Crippen molar-refractivity contribution >= 4 is 17.7 Å². The van der Waals surface area contributed by atoms with Crippen LogP contribution in [0.4, 0.5) is 0 Å². The summed E-state index contributed by atoms with van der Waals surface area (Å²) in [4.78, 5) is 11.8. The van der Waals surface area contributed by atoms with Gasteiger partial charge in [-0.25, -0.2) is 4.79 Å². The zero-order valence-corrected chi connectivity index (χ0v) is 14.2. The van der Waals surface area contributed by atoms with Gasteiger partial charge in [0, 0.05) is 13.6 Å². The van der Waals surface area contributed by atoms with Crippen LogP contribution in [0.5, 0.6) is 0 Å². The number of nitrogens with zero attached hydrogens (tertiary/aromatic N) is 2. The molecule has 0 aliphatic heterocycles. The Morgan fingerprint density at radius 2 is 2.14 bits per heavy atom. The minimum atomic E-state index is -0.292. The molecule has 1 heterocycles. The van der Waals surface area contributed by atoms with E-state index in [9.17, 15) is 4.79 Å². The quantitative estimate of drug-likeness (QED) is 0.503. The monoisotopic (exact) mass is 313 g/mol. The molecule has 0 radical (unpaired) electrons. The van der Waals surface area contributed by atoms with Crippen LogP contribution >= 0.6 is 11.8 Å². The number of aromatic nitrogens is 2. The smallest absolute Gasteiger partial charge is 0.341 e. The summed E-state index contributed by atoms with van der Waals surface area (Å²) in [6, 6.07) is 0. The Balaban J connectivity index is 2.28. The maximum absolute atomic E-state index is 11.8. The number of ether oxygens (including phenoxy) is 1. The van der Waals surface area contributed by atoms with Crippen LogP contribution in [-0.2, 0) is 18.3 Å². The first-order valence-electron chi connectivity index (χ1n) is 7.58. The van der Waals surface area contributed by atoms with Crippen molar-refractivity contribution in [2.45, 2.75) is 39.2 Å². The SMILES string of the molecule is CCOC(=O)c1cnn(C)c1CNCCCCCCSC. The van der Waals surface area contributed by atoms with Crippen molar-refractivity contribution in [1.82, 2.24) is 15.1 Å². The highest BCUT2D eigenvalue weighted by molar-refractivity contribution is 7.98. The second kappa shape index (κ2) is 10.7. The number of thioether (sulfide) groups is 1. The fourth-order valence-electron chi connectivity index (χ4n) is 2.11. The number of unbranched alkanes of at least 4 members (excludes halogenated alkanes) is 3. The van der Waals surface area contributed by atoms with Gasteiger partial charge in [0.15, 0.2) is 0 Å². The molecule has 0 atom stereocenters. The van der Waals surface area contributed by atoms with Gasteiger partial charge in [-0.15, -0.1) is 0 Å². The van der Waals surface area contributed by atoms with Crippen LogP contribution in [0.15, 0.2) is 6.20 Å². The Hall–Kier alpha value is -1.01. The highest BCUT2D eigenvalue weighted by Gasteiger charge is 2.16. The van der Waals surface area contributed by atoms with Crippen molar-refractivity contribution < 1.29 is 9.53 Å². The maximum atomic E-state index is 11.8. The van der Waals surface area contributed by atoms with E-state index in [1.807, 2.05) is 25.7 Å². The Kier molecular flexibility index (Phi) is 9.17. The fraction of sp³-hybridized carbons (Fsp3) is 0.733. The second-order valence-corrected chi connectivity index (χ2v) is 5.92. The van der Waals surface area contributed by atoms with Crippen LogP contribution < -0.4 is 5.32 Å². The van der Waals surface area contributed by atoms with Crippen molar-refractivity contribution in [1.29, 1.82) is 0 Å². The molecule has 0 aliphatic carbocycles. The molecule has 1 aromatic rings. The van der Waals surface area contributed by atoms with E-state index in [-0.39, 0.29) is 5.97 Å².